The Hall–Kier alpha value is -4.16. The fourth-order valence-corrected chi connectivity index (χ4v) is 5.62. The highest BCUT2D eigenvalue weighted by atomic mass is 32.2. The van der Waals surface area contributed by atoms with Gasteiger partial charge in [0.25, 0.3) is 5.91 Å². The number of thiophene rings is 1. The smallest absolute Gasteiger partial charge is 0.442 e. The van der Waals surface area contributed by atoms with Crippen molar-refractivity contribution in [1.82, 2.24) is 5.27 Å². The highest BCUT2D eigenvalue weighted by Gasteiger charge is 2.31. The number of benzene rings is 2. The number of aryl methyl sites for hydroxylation is 1. The average molecular weight is 568 g/mol. The molecule has 0 saturated carbocycles. The molecular weight excluding hydrogens is 540 g/mol. The van der Waals surface area contributed by atoms with Crippen LogP contribution >= 0.6 is 23.1 Å². The van der Waals surface area contributed by atoms with Crippen molar-refractivity contribution in [1.29, 1.82) is 0 Å². The Kier molecular flexibility index (Phi) is 8.67. The fraction of sp³-hybridized carbons (Fsp3) is 0.222. The van der Waals surface area contributed by atoms with Crippen molar-refractivity contribution in [2.75, 3.05) is 17.2 Å². The predicted molar refractivity (Wildman–Crippen MR) is 149 cm³/mol. The molecule has 1 atom stereocenters. The summed E-state index contributed by atoms with van der Waals surface area (Å²) in [6.07, 6.45) is 0. The van der Waals surface area contributed by atoms with Gasteiger partial charge in [-0.1, -0.05) is 35.9 Å². The molecule has 10 nitrogen and oxygen atoms in total. The van der Waals surface area contributed by atoms with Crippen LogP contribution in [0.5, 0.6) is 0 Å². The molecule has 0 fully saturated rings. The zero-order valence-electron chi connectivity index (χ0n) is 21.7. The van der Waals surface area contributed by atoms with Gasteiger partial charge in [-0.15, -0.1) is 11.3 Å². The molecule has 202 valence electrons. The van der Waals surface area contributed by atoms with Crippen molar-refractivity contribution >= 4 is 51.6 Å². The third-order valence-corrected chi connectivity index (χ3v) is 8.00. The lowest BCUT2D eigenvalue weighted by molar-refractivity contribution is -0.704. The second-order valence-corrected chi connectivity index (χ2v) is 10.9. The molecule has 0 aliphatic carbocycles. The normalized spacial score (nSPS) is 11.6. The lowest BCUT2D eigenvalue weighted by atomic mass is 10.1. The lowest BCUT2D eigenvalue weighted by Crippen LogP contribution is -2.37. The summed E-state index contributed by atoms with van der Waals surface area (Å²) in [4.78, 5) is 51.7. The number of carbonyl (C=O) groups excluding carboxylic acids is 3. The predicted octanol–water partition coefficient (Wildman–Crippen LogP) is 4.47. The molecule has 0 saturated heterocycles. The van der Waals surface area contributed by atoms with Crippen LogP contribution in [-0.2, 0) is 9.53 Å². The van der Waals surface area contributed by atoms with Crippen LogP contribution in [0.3, 0.4) is 0 Å². The molecule has 2 aromatic carbocycles. The molecule has 2 amide bonds. The molecule has 0 radical (unpaired) electrons. The number of esters is 1. The number of rotatable bonds is 9. The lowest BCUT2D eigenvalue weighted by Gasteiger charge is -2.10. The molecule has 2 heterocycles. The number of aromatic amines is 1. The molecule has 0 aliphatic heterocycles. The third kappa shape index (κ3) is 6.29. The van der Waals surface area contributed by atoms with E-state index in [2.05, 4.69) is 15.9 Å². The van der Waals surface area contributed by atoms with Gasteiger partial charge >= 0.3 is 16.6 Å². The van der Waals surface area contributed by atoms with E-state index in [0.717, 1.165) is 28.7 Å². The summed E-state index contributed by atoms with van der Waals surface area (Å²) in [5.41, 5.74) is 2.18. The summed E-state index contributed by atoms with van der Waals surface area (Å²) in [7, 11) is 0. The van der Waals surface area contributed by atoms with Gasteiger partial charge in [-0.3, -0.25) is 14.1 Å². The van der Waals surface area contributed by atoms with Crippen LogP contribution in [0, 0.1) is 13.8 Å². The number of ether oxygens (including phenoxy) is 1. The Labute approximate surface area is 232 Å². The number of para-hydroxylation sites is 1. The quantitative estimate of drug-likeness (QED) is 0.154. The van der Waals surface area contributed by atoms with Gasteiger partial charge in [0, 0.05) is 17.8 Å². The van der Waals surface area contributed by atoms with Crippen molar-refractivity contribution in [2.24, 2.45) is 0 Å². The van der Waals surface area contributed by atoms with E-state index in [-0.39, 0.29) is 27.1 Å². The minimum Gasteiger partial charge on any atom is -0.462 e. The van der Waals surface area contributed by atoms with Crippen molar-refractivity contribution in [3.63, 3.8) is 0 Å². The Balaban J connectivity index is 1.58. The van der Waals surface area contributed by atoms with E-state index < -0.39 is 28.7 Å². The molecular formula is C27H27N4O6S2+. The van der Waals surface area contributed by atoms with Gasteiger partial charge in [-0.25, -0.2) is 9.59 Å². The maximum absolute atomic E-state index is 13.2. The number of H-pyrrole nitrogens is 1. The molecule has 4 aromatic rings. The molecule has 0 bridgehead atoms. The van der Waals surface area contributed by atoms with Gasteiger partial charge in [0.15, 0.2) is 0 Å². The van der Waals surface area contributed by atoms with Crippen molar-refractivity contribution in [2.45, 2.75) is 38.0 Å². The molecule has 12 heteroatoms. The van der Waals surface area contributed by atoms with E-state index in [1.807, 2.05) is 37.3 Å². The van der Waals surface area contributed by atoms with Gasteiger partial charge in [0.05, 0.1) is 22.3 Å². The van der Waals surface area contributed by atoms with E-state index in [1.165, 1.54) is 4.68 Å². The van der Waals surface area contributed by atoms with Crippen molar-refractivity contribution in [3.05, 3.63) is 86.6 Å². The van der Waals surface area contributed by atoms with E-state index in [4.69, 9.17) is 9.26 Å². The number of nitrogens with one attached hydrogen (secondary N) is 3. The molecule has 1 unspecified atom stereocenters. The van der Waals surface area contributed by atoms with Crippen LogP contribution in [0.4, 0.5) is 10.7 Å². The second kappa shape index (κ2) is 12.1. The van der Waals surface area contributed by atoms with Gasteiger partial charge in [-0.2, -0.15) is 0 Å². The fourth-order valence-electron chi connectivity index (χ4n) is 3.64. The Morgan fingerprint density at radius 1 is 1.08 bits per heavy atom. The summed E-state index contributed by atoms with van der Waals surface area (Å²) in [5, 5.41) is 7.71. The number of hydrogen-bond donors (Lipinski definition) is 3. The first kappa shape index (κ1) is 27.9. The second-order valence-electron chi connectivity index (χ2n) is 8.51. The largest absolute Gasteiger partial charge is 0.462 e. The number of carbonyl (C=O) groups is 3. The summed E-state index contributed by atoms with van der Waals surface area (Å²) >= 11 is 1.98. The summed E-state index contributed by atoms with van der Waals surface area (Å²) in [6.45, 7) is 7.00. The molecule has 0 spiro atoms. The van der Waals surface area contributed by atoms with Crippen LogP contribution in [0.2, 0.25) is 0 Å². The Morgan fingerprint density at radius 2 is 1.77 bits per heavy atom. The topological polar surface area (TPSA) is 134 Å². The monoisotopic (exact) mass is 567 g/mol. The van der Waals surface area contributed by atoms with Crippen LogP contribution in [-0.4, -0.2) is 34.9 Å². The van der Waals surface area contributed by atoms with E-state index in [0.29, 0.717) is 16.9 Å². The molecule has 0 aliphatic rings. The summed E-state index contributed by atoms with van der Waals surface area (Å²) in [6, 6.07) is 16.3. The van der Waals surface area contributed by atoms with Crippen molar-refractivity contribution in [3.8, 4) is 5.69 Å². The zero-order valence-corrected chi connectivity index (χ0v) is 23.3. The van der Waals surface area contributed by atoms with Gasteiger partial charge < -0.3 is 15.4 Å². The Bertz CT molecular complexity index is 1560. The molecule has 3 N–H and O–H groups in total. The van der Waals surface area contributed by atoms with E-state index >= 15 is 0 Å². The zero-order chi connectivity index (χ0) is 28.1. The maximum Gasteiger partial charge on any atom is 0.442 e. The SMILES string of the molecule is CCOC(=O)c1c(NC(=O)C(C)Sc2c(=O)o[nH][n+]2-c2ccc(C)cc2)sc(C(=O)Nc2ccccc2)c1C. The highest BCUT2D eigenvalue weighted by Crippen LogP contribution is 2.35. The van der Waals surface area contributed by atoms with Gasteiger partial charge in [-0.05, 0) is 67.1 Å². The highest BCUT2D eigenvalue weighted by molar-refractivity contribution is 8.00. The van der Waals surface area contributed by atoms with Gasteiger partial charge in [0.1, 0.15) is 5.00 Å². The van der Waals surface area contributed by atoms with Crippen molar-refractivity contribution < 1.29 is 28.3 Å². The van der Waals surface area contributed by atoms with Crippen LogP contribution in [0.1, 0.15) is 45.0 Å². The molecule has 2 aromatic heterocycles. The van der Waals surface area contributed by atoms with Gasteiger partial charge in [0.2, 0.25) is 11.6 Å². The van der Waals surface area contributed by atoms with Crippen LogP contribution in [0.25, 0.3) is 5.69 Å². The summed E-state index contributed by atoms with van der Waals surface area (Å²) in [5.74, 6) is -1.54. The number of anilines is 2. The number of amides is 2. The average Bonchev–Trinajstić information content (AvgIpc) is 3.44. The number of aromatic nitrogens is 2. The van der Waals surface area contributed by atoms with E-state index in [1.54, 1.807) is 45.0 Å². The minimum atomic E-state index is -0.764. The van der Waals surface area contributed by atoms with Crippen LogP contribution in [0.15, 0.2) is 68.9 Å². The Morgan fingerprint density at radius 3 is 2.44 bits per heavy atom. The summed E-state index contributed by atoms with van der Waals surface area (Å²) < 4.78 is 11.6. The number of hydrogen-bond acceptors (Lipinski definition) is 8. The minimum absolute atomic E-state index is 0.112. The first-order valence-corrected chi connectivity index (χ1v) is 13.7. The maximum atomic E-state index is 13.2. The first-order chi connectivity index (χ1) is 18.7. The number of nitrogens with zero attached hydrogens (tertiary/aromatic N) is 1. The van der Waals surface area contributed by atoms with E-state index in [9.17, 15) is 19.2 Å². The standard InChI is InChI=1S/C27H26N4O6S2/c1-5-36-26(34)20-16(3)21(23(33)28-18-9-7-6-8-10-18)39-24(20)29-22(32)17(4)38-25-27(35)37-30-31(25)19-13-11-15(2)12-14-19/h6-14,17H,5H2,1-4H3,(H2-,28,29,30,32,33,34,35)/p+1. The third-order valence-electron chi connectivity index (χ3n) is 5.66. The molecule has 4 rings (SSSR count). The first-order valence-electron chi connectivity index (χ1n) is 12.0. The number of thioether (sulfide) groups is 1. The van der Waals surface area contributed by atoms with Crippen LogP contribution < -0.4 is 20.9 Å². The molecule has 39 heavy (non-hydrogen) atoms.